The summed E-state index contributed by atoms with van der Waals surface area (Å²) >= 11 is 0. The van der Waals surface area contributed by atoms with E-state index >= 15 is 0 Å². The Morgan fingerprint density at radius 1 is 0.923 bits per heavy atom. The molecule has 140 valence electrons. The Bertz CT molecular complexity index is 786. The van der Waals surface area contributed by atoms with Gasteiger partial charge in [-0.1, -0.05) is 0 Å². The van der Waals surface area contributed by atoms with E-state index in [1.165, 1.54) is 0 Å². The summed E-state index contributed by atoms with van der Waals surface area (Å²) in [5, 5.41) is 8.70. The molecular formula is C15H8F7NO3. The van der Waals surface area contributed by atoms with Crippen molar-refractivity contribution in [3.8, 4) is 11.6 Å². The highest BCUT2D eigenvalue weighted by Crippen LogP contribution is 2.51. The van der Waals surface area contributed by atoms with Crippen LogP contribution in [0.2, 0.25) is 0 Å². The van der Waals surface area contributed by atoms with Crippen LogP contribution in [0.5, 0.6) is 11.6 Å². The Morgan fingerprint density at radius 3 is 1.92 bits per heavy atom. The number of aromatic nitrogens is 1. The number of aromatic carboxylic acids is 1. The van der Waals surface area contributed by atoms with Crippen LogP contribution in [0.25, 0.3) is 0 Å². The SMILES string of the molecule is O=C(O)c1ccc(Oc2ccc(C(F)(F)C(F)(F)C(F)(F)F)cc2)nc1. The molecule has 0 saturated heterocycles. The molecule has 26 heavy (non-hydrogen) atoms. The Labute approximate surface area is 140 Å². The van der Waals surface area contributed by atoms with Crippen molar-refractivity contribution in [1.82, 2.24) is 4.98 Å². The molecule has 0 amide bonds. The zero-order valence-corrected chi connectivity index (χ0v) is 12.4. The Kier molecular flexibility index (Phi) is 4.84. The lowest BCUT2D eigenvalue weighted by Crippen LogP contribution is -2.49. The Balaban J connectivity index is 2.21. The molecule has 1 heterocycles. The van der Waals surface area contributed by atoms with Gasteiger partial charge in [-0.2, -0.15) is 30.7 Å². The summed E-state index contributed by atoms with van der Waals surface area (Å²) in [4.78, 5) is 14.3. The molecule has 2 rings (SSSR count). The van der Waals surface area contributed by atoms with E-state index in [2.05, 4.69) is 4.98 Å². The van der Waals surface area contributed by atoms with Gasteiger partial charge in [0.25, 0.3) is 0 Å². The van der Waals surface area contributed by atoms with Crippen molar-refractivity contribution in [2.45, 2.75) is 18.0 Å². The molecular weight excluding hydrogens is 375 g/mol. The number of hydrogen-bond acceptors (Lipinski definition) is 3. The highest BCUT2D eigenvalue weighted by molar-refractivity contribution is 5.87. The van der Waals surface area contributed by atoms with Gasteiger partial charge in [0, 0.05) is 17.8 Å². The summed E-state index contributed by atoms with van der Waals surface area (Å²) in [6, 6.07) is 4.51. The average molecular weight is 383 g/mol. The summed E-state index contributed by atoms with van der Waals surface area (Å²) < 4.78 is 94.6. The van der Waals surface area contributed by atoms with Crippen LogP contribution >= 0.6 is 0 Å². The predicted octanol–water partition coefficient (Wildman–Crippen LogP) is 4.86. The van der Waals surface area contributed by atoms with E-state index in [0.29, 0.717) is 12.1 Å². The molecule has 1 aromatic heterocycles. The molecule has 0 atom stereocenters. The third kappa shape index (κ3) is 3.55. The summed E-state index contributed by atoms with van der Waals surface area (Å²) in [6.07, 6.45) is -5.48. The molecule has 0 bridgehead atoms. The monoisotopic (exact) mass is 383 g/mol. The Morgan fingerprint density at radius 2 is 1.50 bits per heavy atom. The van der Waals surface area contributed by atoms with Gasteiger partial charge in [0.15, 0.2) is 0 Å². The maximum Gasteiger partial charge on any atom is 0.460 e. The second-order valence-electron chi connectivity index (χ2n) is 4.96. The first-order valence-corrected chi connectivity index (χ1v) is 6.66. The first-order chi connectivity index (χ1) is 11.9. The van der Waals surface area contributed by atoms with Gasteiger partial charge in [0.1, 0.15) is 5.75 Å². The van der Waals surface area contributed by atoms with Crippen LogP contribution in [0, 0.1) is 0 Å². The van der Waals surface area contributed by atoms with E-state index < -0.39 is 29.6 Å². The summed E-state index contributed by atoms with van der Waals surface area (Å²) in [6.45, 7) is 0. The van der Waals surface area contributed by atoms with Gasteiger partial charge in [-0.3, -0.25) is 0 Å². The number of rotatable bonds is 5. The number of hydrogen-bond donors (Lipinski definition) is 1. The molecule has 1 N–H and O–H groups in total. The molecule has 4 nitrogen and oxygen atoms in total. The minimum atomic E-state index is -6.43. The maximum absolute atomic E-state index is 13.5. The molecule has 0 radical (unpaired) electrons. The van der Waals surface area contributed by atoms with Gasteiger partial charge in [-0.05, 0) is 30.3 Å². The van der Waals surface area contributed by atoms with Crippen molar-refractivity contribution in [2.24, 2.45) is 0 Å². The minimum absolute atomic E-state index is 0.143. The lowest BCUT2D eigenvalue weighted by Gasteiger charge is -2.28. The van der Waals surface area contributed by atoms with Gasteiger partial charge in [0.05, 0.1) is 5.56 Å². The molecule has 0 aliphatic heterocycles. The zero-order valence-electron chi connectivity index (χ0n) is 12.4. The largest absolute Gasteiger partial charge is 0.478 e. The molecule has 0 spiro atoms. The van der Waals surface area contributed by atoms with Gasteiger partial charge < -0.3 is 9.84 Å². The van der Waals surface area contributed by atoms with Gasteiger partial charge in [-0.25, -0.2) is 9.78 Å². The highest BCUT2D eigenvalue weighted by Gasteiger charge is 2.73. The van der Waals surface area contributed by atoms with Crippen molar-refractivity contribution in [3.05, 3.63) is 53.7 Å². The quantitative estimate of drug-likeness (QED) is 0.749. The summed E-state index contributed by atoms with van der Waals surface area (Å²) in [7, 11) is 0. The number of ether oxygens (including phenoxy) is 1. The van der Waals surface area contributed by atoms with Crippen molar-refractivity contribution in [1.29, 1.82) is 0 Å². The fraction of sp³-hybridized carbons (Fsp3) is 0.200. The van der Waals surface area contributed by atoms with Crippen LogP contribution in [0.4, 0.5) is 30.7 Å². The standard InChI is InChI=1S/C15H8F7NO3/c16-13(17,14(18,19)15(20,21)22)9-2-4-10(5-3-9)26-11-6-1-8(7-23-11)12(24)25/h1-7H,(H,24,25). The van der Waals surface area contributed by atoms with E-state index in [4.69, 9.17) is 9.84 Å². The number of carboxylic acid groups (broad SMARTS) is 1. The number of alkyl halides is 7. The molecule has 2 aromatic rings. The minimum Gasteiger partial charge on any atom is -0.478 e. The van der Waals surface area contributed by atoms with E-state index in [0.717, 1.165) is 30.5 Å². The van der Waals surface area contributed by atoms with Crippen molar-refractivity contribution in [3.63, 3.8) is 0 Å². The van der Waals surface area contributed by atoms with Crippen LogP contribution in [0.3, 0.4) is 0 Å². The lowest BCUT2D eigenvalue weighted by molar-refractivity contribution is -0.359. The fourth-order valence-corrected chi connectivity index (χ4v) is 1.78. The summed E-state index contributed by atoms with van der Waals surface area (Å²) in [5.41, 5.74) is -1.71. The van der Waals surface area contributed by atoms with Crippen molar-refractivity contribution in [2.75, 3.05) is 0 Å². The number of nitrogens with zero attached hydrogens (tertiary/aromatic N) is 1. The number of halogens is 7. The van der Waals surface area contributed by atoms with Gasteiger partial charge >= 0.3 is 24.0 Å². The van der Waals surface area contributed by atoms with Crippen molar-refractivity contribution >= 4 is 5.97 Å². The first kappa shape index (κ1) is 19.5. The van der Waals surface area contributed by atoms with E-state index in [9.17, 15) is 35.5 Å². The molecule has 1 aromatic carbocycles. The third-order valence-corrected chi connectivity index (χ3v) is 3.17. The van der Waals surface area contributed by atoms with Crippen LogP contribution in [0.15, 0.2) is 42.6 Å². The second kappa shape index (κ2) is 6.46. The average Bonchev–Trinajstić information content (AvgIpc) is 2.54. The normalized spacial score (nSPS) is 12.7. The molecule has 0 aliphatic rings. The van der Waals surface area contributed by atoms with Crippen LogP contribution in [-0.4, -0.2) is 28.2 Å². The molecule has 0 saturated carbocycles. The lowest BCUT2D eigenvalue weighted by atomic mass is 10.0. The second-order valence-corrected chi connectivity index (χ2v) is 4.96. The van der Waals surface area contributed by atoms with Crippen molar-refractivity contribution < 1.29 is 45.4 Å². The molecule has 0 unspecified atom stereocenters. The number of carbonyl (C=O) groups is 1. The van der Waals surface area contributed by atoms with Crippen LogP contribution in [-0.2, 0) is 5.92 Å². The van der Waals surface area contributed by atoms with E-state index in [-0.39, 0.29) is 17.2 Å². The van der Waals surface area contributed by atoms with E-state index in [1.807, 2.05) is 0 Å². The van der Waals surface area contributed by atoms with Crippen LogP contribution < -0.4 is 4.74 Å². The smallest absolute Gasteiger partial charge is 0.460 e. The Hall–Kier alpha value is -2.85. The van der Waals surface area contributed by atoms with Crippen LogP contribution in [0.1, 0.15) is 15.9 Å². The topological polar surface area (TPSA) is 59.4 Å². The summed E-state index contributed by atoms with van der Waals surface area (Å²) in [5.74, 6) is -13.3. The molecule has 0 aliphatic carbocycles. The highest BCUT2D eigenvalue weighted by atomic mass is 19.4. The third-order valence-electron chi connectivity index (χ3n) is 3.17. The predicted molar refractivity (Wildman–Crippen MR) is 72.6 cm³/mol. The number of benzene rings is 1. The van der Waals surface area contributed by atoms with E-state index in [1.54, 1.807) is 0 Å². The number of pyridine rings is 1. The van der Waals surface area contributed by atoms with Gasteiger partial charge in [0.2, 0.25) is 5.88 Å². The first-order valence-electron chi connectivity index (χ1n) is 6.66. The number of carboxylic acids is 1. The molecule has 11 heteroatoms. The maximum atomic E-state index is 13.5. The zero-order chi connectivity index (χ0) is 19.8. The van der Waals surface area contributed by atoms with Gasteiger partial charge in [-0.15, -0.1) is 0 Å². The molecule has 0 fully saturated rings. The fourth-order valence-electron chi connectivity index (χ4n) is 1.78.